The number of carbonyl (C=O) groups excluding carboxylic acids is 1. The molecule has 0 aliphatic heterocycles. The number of rotatable bonds is 5. The summed E-state index contributed by atoms with van der Waals surface area (Å²) in [6.07, 6.45) is 1.49. The first-order valence-electron chi connectivity index (χ1n) is 7.73. The molecule has 2 N–H and O–H groups in total. The van der Waals surface area contributed by atoms with Crippen LogP contribution in [0, 0.1) is 6.92 Å². The number of phenols is 1. The summed E-state index contributed by atoms with van der Waals surface area (Å²) in [4.78, 5) is 16.7. The number of esters is 1. The SMILES string of the molecule is CCOC(=O)c1cnc2c(OC)csc2c1Nc1ccc(O)cc1C.Cl. The highest BCUT2D eigenvalue weighted by atomic mass is 35.5. The number of nitrogens with zero attached hydrogens (tertiary/aromatic N) is 1. The number of nitrogens with one attached hydrogen (secondary N) is 1. The number of fused-ring (bicyclic) bond motifs is 1. The monoisotopic (exact) mass is 394 g/mol. The molecule has 0 aliphatic carbocycles. The maximum absolute atomic E-state index is 12.3. The first-order valence-corrected chi connectivity index (χ1v) is 8.61. The van der Waals surface area contributed by atoms with Crippen molar-refractivity contribution in [1.82, 2.24) is 4.98 Å². The highest BCUT2D eigenvalue weighted by molar-refractivity contribution is 7.18. The lowest BCUT2D eigenvalue weighted by molar-refractivity contribution is 0.0527. The molecule has 138 valence electrons. The van der Waals surface area contributed by atoms with Crippen molar-refractivity contribution in [3.05, 3.63) is 40.9 Å². The van der Waals surface area contributed by atoms with Gasteiger partial charge in [-0.2, -0.15) is 0 Å². The number of thiophene rings is 1. The molecule has 0 saturated carbocycles. The van der Waals surface area contributed by atoms with E-state index >= 15 is 0 Å². The van der Waals surface area contributed by atoms with Gasteiger partial charge in [-0.15, -0.1) is 23.7 Å². The third-order valence-electron chi connectivity index (χ3n) is 3.74. The number of hydrogen-bond acceptors (Lipinski definition) is 7. The van der Waals surface area contributed by atoms with Gasteiger partial charge in [0.15, 0.2) is 5.75 Å². The number of methoxy groups -OCH3 is 1. The Bertz CT molecular complexity index is 942. The largest absolute Gasteiger partial charge is 0.508 e. The zero-order valence-corrected chi connectivity index (χ0v) is 16.2. The van der Waals surface area contributed by atoms with E-state index in [9.17, 15) is 9.90 Å². The molecule has 0 spiro atoms. The number of benzene rings is 1. The Morgan fingerprint density at radius 1 is 1.38 bits per heavy atom. The molecule has 8 heteroatoms. The average Bonchev–Trinajstić information content (AvgIpc) is 3.01. The van der Waals surface area contributed by atoms with Crippen LogP contribution in [0.5, 0.6) is 11.5 Å². The van der Waals surface area contributed by atoms with Crippen molar-refractivity contribution in [1.29, 1.82) is 0 Å². The van der Waals surface area contributed by atoms with Crippen LogP contribution >= 0.6 is 23.7 Å². The summed E-state index contributed by atoms with van der Waals surface area (Å²) in [6, 6.07) is 5.00. The second-order valence-electron chi connectivity index (χ2n) is 5.37. The molecule has 0 unspecified atom stereocenters. The van der Waals surface area contributed by atoms with E-state index in [0.29, 0.717) is 22.5 Å². The lowest BCUT2D eigenvalue weighted by Gasteiger charge is -2.14. The van der Waals surface area contributed by atoms with Gasteiger partial charge in [0.1, 0.15) is 16.8 Å². The number of hydrogen-bond donors (Lipinski definition) is 2. The van der Waals surface area contributed by atoms with E-state index in [4.69, 9.17) is 9.47 Å². The fraction of sp³-hybridized carbons (Fsp3) is 0.222. The Morgan fingerprint density at radius 3 is 2.81 bits per heavy atom. The summed E-state index contributed by atoms with van der Waals surface area (Å²) in [6.45, 7) is 3.91. The molecular weight excluding hydrogens is 376 g/mol. The highest BCUT2D eigenvalue weighted by Crippen LogP contribution is 2.39. The van der Waals surface area contributed by atoms with Crippen molar-refractivity contribution in [2.24, 2.45) is 0 Å². The highest BCUT2D eigenvalue weighted by Gasteiger charge is 2.20. The number of ether oxygens (including phenoxy) is 2. The van der Waals surface area contributed by atoms with Gasteiger partial charge in [0, 0.05) is 17.3 Å². The van der Waals surface area contributed by atoms with Gasteiger partial charge in [0.25, 0.3) is 0 Å². The van der Waals surface area contributed by atoms with Crippen LogP contribution < -0.4 is 10.1 Å². The number of carbonyl (C=O) groups is 1. The molecule has 2 heterocycles. The van der Waals surface area contributed by atoms with E-state index in [-0.39, 0.29) is 24.8 Å². The Morgan fingerprint density at radius 2 is 2.15 bits per heavy atom. The standard InChI is InChI=1S/C18H18N2O4S.ClH/c1-4-24-18(22)12-8-19-16-14(23-3)9-25-17(16)15(12)20-13-6-5-11(21)7-10(13)2;/h5-9,21H,4H2,1-3H3,(H,19,20);1H. The molecule has 0 saturated heterocycles. The number of halogens is 1. The molecule has 0 radical (unpaired) electrons. The van der Waals surface area contributed by atoms with Crippen molar-refractivity contribution in [3.63, 3.8) is 0 Å². The summed E-state index contributed by atoms with van der Waals surface area (Å²) in [5, 5.41) is 14.7. The maximum Gasteiger partial charge on any atom is 0.341 e. The number of aromatic nitrogens is 1. The minimum atomic E-state index is -0.441. The molecule has 0 fully saturated rings. The fourth-order valence-electron chi connectivity index (χ4n) is 2.51. The van der Waals surface area contributed by atoms with Crippen LogP contribution in [0.3, 0.4) is 0 Å². The minimum Gasteiger partial charge on any atom is -0.508 e. The van der Waals surface area contributed by atoms with Crippen molar-refractivity contribution in [2.45, 2.75) is 13.8 Å². The molecule has 6 nitrogen and oxygen atoms in total. The fourth-order valence-corrected chi connectivity index (χ4v) is 3.48. The molecule has 26 heavy (non-hydrogen) atoms. The zero-order valence-electron chi connectivity index (χ0n) is 14.5. The second kappa shape index (κ2) is 8.25. The molecule has 1 aromatic carbocycles. The third-order valence-corrected chi connectivity index (χ3v) is 4.70. The van der Waals surface area contributed by atoms with Crippen molar-refractivity contribution in [3.8, 4) is 11.5 Å². The molecule has 3 rings (SSSR count). The normalized spacial score (nSPS) is 10.3. The number of anilines is 2. The molecule has 0 aliphatic rings. The number of phenolic OH excluding ortho intramolecular Hbond substituents is 1. The van der Waals surface area contributed by atoms with Crippen LogP contribution in [0.2, 0.25) is 0 Å². The van der Waals surface area contributed by atoms with Crippen LogP contribution in [0.15, 0.2) is 29.8 Å². The predicted octanol–water partition coefficient (Wildman–Crippen LogP) is 4.66. The van der Waals surface area contributed by atoms with E-state index < -0.39 is 5.97 Å². The zero-order chi connectivity index (χ0) is 18.0. The van der Waals surface area contributed by atoms with Crippen molar-refractivity contribution < 1.29 is 19.4 Å². The molecule has 0 amide bonds. The molecule has 2 aromatic heterocycles. The number of aryl methyl sites for hydroxylation is 1. The Labute approximate surface area is 161 Å². The molecule has 0 bridgehead atoms. The quantitative estimate of drug-likeness (QED) is 0.484. The first-order chi connectivity index (χ1) is 12.0. The smallest absolute Gasteiger partial charge is 0.341 e. The maximum atomic E-state index is 12.3. The van der Waals surface area contributed by atoms with Crippen LogP contribution in [0.25, 0.3) is 10.2 Å². The lowest BCUT2D eigenvalue weighted by atomic mass is 10.1. The summed E-state index contributed by atoms with van der Waals surface area (Å²) in [7, 11) is 1.58. The van der Waals surface area contributed by atoms with Gasteiger partial charge >= 0.3 is 5.97 Å². The van der Waals surface area contributed by atoms with Crippen LogP contribution in [-0.4, -0.2) is 29.8 Å². The Kier molecular flexibility index (Phi) is 6.28. The van der Waals surface area contributed by atoms with Crippen LogP contribution in [0.4, 0.5) is 11.4 Å². The average molecular weight is 395 g/mol. The topological polar surface area (TPSA) is 80.7 Å². The van der Waals surface area contributed by atoms with E-state index in [1.54, 1.807) is 32.2 Å². The van der Waals surface area contributed by atoms with Crippen LogP contribution in [-0.2, 0) is 4.74 Å². The van der Waals surface area contributed by atoms with Crippen LogP contribution in [0.1, 0.15) is 22.8 Å². The second-order valence-corrected chi connectivity index (χ2v) is 6.25. The summed E-state index contributed by atoms with van der Waals surface area (Å²) in [5.41, 5.74) is 3.28. The van der Waals surface area contributed by atoms with Gasteiger partial charge in [-0.1, -0.05) is 0 Å². The summed E-state index contributed by atoms with van der Waals surface area (Å²) >= 11 is 1.44. The third kappa shape index (κ3) is 3.68. The minimum absolute atomic E-state index is 0. The van der Waals surface area contributed by atoms with E-state index in [2.05, 4.69) is 10.3 Å². The van der Waals surface area contributed by atoms with E-state index in [1.165, 1.54) is 17.5 Å². The van der Waals surface area contributed by atoms with Gasteiger partial charge in [0.2, 0.25) is 0 Å². The predicted molar refractivity (Wildman–Crippen MR) is 106 cm³/mol. The van der Waals surface area contributed by atoms with Gasteiger partial charge in [-0.05, 0) is 37.6 Å². The van der Waals surface area contributed by atoms with Gasteiger partial charge in [0.05, 0.1) is 24.1 Å². The summed E-state index contributed by atoms with van der Waals surface area (Å²) < 4.78 is 11.3. The number of aromatic hydroxyl groups is 1. The first kappa shape index (κ1) is 19.8. The van der Waals surface area contributed by atoms with Gasteiger partial charge in [-0.25, -0.2) is 4.79 Å². The van der Waals surface area contributed by atoms with E-state index in [1.807, 2.05) is 12.3 Å². The van der Waals surface area contributed by atoms with E-state index in [0.717, 1.165) is 16.0 Å². The van der Waals surface area contributed by atoms with Gasteiger partial charge in [-0.3, -0.25) is 4.98 Å². The molecular formula is C18H19ClN2O4S. The lowest BCUT2D eigenvalue weighted by Crippen LogP contribution is -2.09. The molecule has 3 aromatic rings. The molecule has 0 atom stereocenters. The van der Waals surface area contributed by atoms with Gasteiger partial charge < -0.3 is 19.9 Å². The Hall–Kier alpha value is -2.51. The number of pyridine rings is 1. The van der Waals surface area contributed by atoms with Crippen molar-refractivity contribution in [2.75, 3.05) is 19.0 Å². The summed E-state index contributed by atoms with van der Waals surface area (Å²) in [5.74, 6) is 0.399. The van der Waals surface area contributed by atoms with Crippen molar-refractivity contribution >= 4 is 51.3 Å². The Balaban J connectivity index is 0.00000243.